The Hall–Kier alpha value is -3.85. The number of halogens is 1. The van der Waals surface area contributed by atoms with Crippen LogP contribution in [-0.2, 0) is 37.7 Å². The Kier molecular flexibility index (Phi) is 12.6. The van der Waals surface area contributed by atoms with Gasteiger partial charge in [0.15, 0.2) is 0 Å². The van der Waals surface area contributed by atoms with Crippen molar-refractivity contribution in [2.75, 3.05) is 62.5 Å². The average molecular weight is 679 g/mol. The fourth-order valence-electron chi connectivity index (χ4n) is 4.45. The molecule has 4 N–H and O–H groups in total. The molecule has 248 valence electrons. The van der Waals surface area contributed by atoms with E-state index in [1.165, 1.54) is 28.9 Å². The van der Waals surface area contributed by atoms with Crippen LogP contribution in [0.15, 0.2) is 18.2 Å². The van der Waals surface area contributed by atoms with Crippen molar-refractivity contribution in [3.05, 3.63) is 24.0 Å². The smallest absolute Gasteiger partial charge is 0.414 e. The number of rotatable bonds is 13. The van der Waals surface area contributed by atoms with Gasteiger partial charge in [0.25, 0.3) is 0 Å². The van der Waals surface area contributed by atoms with Gasteiger partial charge in [-0.15, -0.1) is 0 Å². The molecule has 2 aliphatic heterocycles. The summed E-state index contributed by atoms with van der Waals surface area (Å²) < 4.78 is 52.8. The Morgan fingerprint density at radius 1 is 1.16 bits per heavy atom. The van der Waals surface area contributed by atoms with Crippen molar-refractivity contribution < 1.29 is 61.5 Å². The molecule has 2 heterocycles. The summed E-state index contributed by atoms with van der Waals surface area (Å²) in [5.41, 5.74) is -1.24. The summed E-state index contributed by atoms with van der Waals surface area (Å²) in [5.74, 6) is -2.42. The van der Waals surface area contributed by atoms with Gasteiger partial charge < -0.3 is 44.4 Å². The number of piperazine rings is 1. The molecular formula is C25H35FN5O12P2+. The molecule has 1 aromatic carbocycles. The molecule has 2 aliphatic rings. The van der Waals surface area contributed by atoms with Crippen LogP contribution in [0, 0.1) is 5.82 Å². The minimum atomic E-state index is -4.81. The third-order valence-corrected chi connectivity index (χ3v) is 10.2. The van der Waals surface area contributed by atoms with Crippen LogP contribution >= 0.6 is 15.4 Å². The van der Waals surface area contributed by atoms with E-state index in [2.05, 4.69) is 5.32 Å². The zero-order valence-electron chi connectivity index (χ0n) is 24.5. The van der Waals surface area contributed by atoms with Crippen molar-refractivity contribution in [1.82, 2.24) is 15.5 Å². The SMILES string of the molecule is CC(=O)NC[C@H]1CN(c2ccc(N3CCN(C(=O)OCOC(=O)CCCC(=O)NC([P+](C)=O)P(=O)(O)O)CC3)c(F)c2)C(=O)O1. The summed E-state index contributed by atoms with van der Waals surface area (Å²) in [6.07, 6.45) is -2.53. The Morgan fingerprint density at radius 2 is 1.84 bits per heavy atom. The number of hydrogen-bond donors (Lipinski definition) is 4. The predicted octanol–water partition coefficient (Wildman–Crippen LogP) is 1.25. The van der Waals surface area contributed by atoms with E-state index in [4.69, 9.17) is 24.0 Å². The quantitative estimate of drug-likeness (QED) is 0.131. The van der Waals surface area contributed by atoms with Crippen molar-refractivity contribution in [3.63, 3.8) is 0 Å². The van der Waals surface area contributed by atoms with Gasteiger partial charge in [-0.3, -0.25) is 23.8 Å². The van der Waals surface area contributed by atoms with Crippen molar-refractivity contribution in [3.8, 4) is 0 Å². The topological polar surface area (TPSA) is 221 Å². The average Bonchev–Trinajstić information content (AvgIpc) is 3.34. The van der Waals surface area contributed by atoms with Crippen molar-refractivity contribution in [2.24, 2.45) is 0 Å². The van der Waals surface area contributed by atoms with Gasteiger partial charge in [-0.1, -0.05) is 4.57 Å². The molecule has 45 heavy (non-hydrogen) atoms. The van der Waals surface area contributed by atoms with Crippen LogP contribution in [0.1, 0.15) is 26.2 Å². The van der Waals surface area contributed by atoms with Gasteiger partial charge in [-0.2, -0.15) is 0 Å². The first-order valence-electron chi connectivity index (χ1n) is 13.7. The number of ether oxygens (including phenoxy) is 3. The van der Waals surface area contributed by atoms with Gasteiger partial charge in [-0.25, -0.2) is 14.0 Å². The lowest BCUT2D eigenvalue weighted by Crippen LogP contribution is -2.49. The van der Waals surface area contributed by atoms with Crippen molar-refractivity contribution in [2.45, 2.75) is 37.8 Å². The molecule has 0 bridgehead atoms. The highest BCUT2D eigenvalue weighted by Crippen LogP contribution is 2.50. The maximum absolute atomic E-state index is 15.0. The number of carbonyl (C=O) groups excluding carboxylic acids is 5. The second kappa shape index (κ2) is 15.9. The number of anilines is 2. The molecule has 0 aliphatic carbocycles. The normalized spacial score (nSPS) is 17.7. The number of cyclic esters (lactones) is 1. The van der Waals surface area contributed by atoms with Crippen LogP contribution in [0.4, 0.5) is 25.4 Å². The van der Waals surface area contributed by atoms with Crippen molar-refractivity contribution in [1.29, 1.82) is 0 Å². The molecule has 0 saturated carbocycles. The lowest BCUT2D eigenvalue weighted by atomic mass is 10.2. The summed E-state index contributed by atoms with van der Waals surface area (Å²) >= 11 is 0. The minimum Gasteiger partial charge on any atom is -0.442 e. The molecule has 1 aromatic rings. The number of nitrogens with one attached hydrogen (secondary N) is 2. The van der Waals surface area contributed by atoms with E-state index in [0.717, 1.165) is 6.66 Å². The fraction of sp³-hybridized carbons (Fsp3) is 0.560. The Labute approximate surface area is 258 Å². The highest BCUT2D eigenvalue weighted by atomic mass is 31.2. The molecular weight excluding hydrogens is 643 g/mol. The zero-order valence-corrected chi connectivity index (χ0v) is 26.3. The fourth-order valence-corrected chi connectivity index (χ4v) is 6.78. The second-order valence-corrected chi connectivity index (χ2v) is 13.8. The second-order valence-electron chi connectivity index (χ2n) is 10.1. The molecule has 20 heteroatoms. The van der Waals surface area contributed by atoms with Gasteiger partial charge in [0.1, 0.15) is 18.6 Å². The molecule has 3 rings (SSSR count). The highest BCUT2D eigenvalue weighted by Gasteiger charge is 2.43. The van der Waals surface area contributed by atoms with Gasteiger partial charge in [0, 0.05) is 45.9 Å². The van der Waals surface area contributed by atoms with Crippen LogP contribution in [-0.4, -0.2) is 109 Å². The van der Waals surface area contributed by atoms with E-state index in [1.807, 2.05) is 5.32 Å². The number of amides is 4. The van der Waals surface area contributed by atoms with Crippen LogP contribution in [0.2, 0.25) is 0 Å². The van der Waals surface area contributed by atoms with Crippen molar-refractivity contribution >= 4 is 56.7 Å². The van der Waals surface area contributed by atoms with E-state index in [1.54, 1.807) is 11.0 Å². The standard InChI is InChI=1S/C25H34FN5O12P2/c1-16(32)27-13-18-14-31(25(36)43-18)17-6-7-20(19(26)12-17)29-8-10-30(11-9-29)24(35)42-15-41-22(34)5-3-4-21(33)28-23(44(2)37)45(38,39)40/h6-7,12,18,23H,3-5,8-11,13-15H2,1-2H3,(H3-,27,28,32,33,38,39,40)/p+1/t18-,23?/m0/s1. The first kappa shape index (κ1) is 35.6. The lowest BCUT2D eigenvalue weighted by Gasteiger charge is -2.35. The number of benzene rings is 1. The van der Waals surface area contributed by atoms with E-state index in [-0.39, 0.29) is 70.1 Å². The van der Waals surface area contributed by atoms with Crippen LogP contribution in [0.3, 0.4) is 0 Å². The van der Waals surface area contributed by atoms with E-state index in [9.17, 15) is 33.1 Å². The minimum absolute atomic E-state index is 0.0340. The molecule has 4 amide bonds. The molecule has 0 aromatic heterocycles. The summed E-state index contributed by atoms with van der Waals surface area (Å²) in [4.78, 5) is 82.1. The highest BCUT2D eigenvalue weighted by molar-refractivity contribution is 7.67. The van der Waals surface area contributed by atoms with Gasteiger partial charge in [-0.05, 0) is 24.6 Å². The predicted molar refractivity (Wildman–Crippen MR) is 155 cm³/mol. The monoisotopic (exact) mass is 678 g/mol. The summed E-state index contributed by atoms with van der Waals surface area (Å²) in [5, 5.41) is 4.57. The first-order valence-corrected chi connectivity index (χ1v) is 17.2. The van der Waals surface area contributed by atoms with E-state index >= 15 is 4.39 Å². The Bertz CT molecular complexity index is 1350. The summed E-state index contributed by atoms with van der Waals surface area (Å²) in [6, 6.07) is 4.32. The number of hydrogen-bond acceptors (Lipinski definition) is 11. The molecule has 2 saturated heterocycles. The molecule has 0 radical (unpaired) electrons. The summed E-state index contributed by atoms with van der Waals surface area (Å²) in [7, 11) is -7.20. The van der Waals surface area contributed by atoms with Crippen LogP contribution in [0.5, 0.6) is 0 Å². The molecule has 17 nitrogen and oxygen atoms in total. The van der Waals surface area contributed by atoms with Crippen LogP contribution < -0.4 is 20.4 Å². The maximum Gasteiger partial charge on any atom is 0.414 e. The maximum atomic E-state index is 15.0. The molecule has 0 spiro atoms. The summed E-state index contributed by atoms with van der Waals surface area (Å²) in [6.45, 7) is 2.94. The third-order valence-electron chi connectivity index (χ3n) is 6.71. The van der Waals surface area contributed by atoms with Crippen LogP contribution in [0.25, 0.3) is 0 Å². The first-order chi connectivity index (χ1) is 21.1. The molecule has 2 unspecified atom stereocenters. The van der Waals surface area contributed by atoms with Gasteiger partial charge in [0.2, 0.25) is 18.6 Å². The number of nitrogens with zero attached hydrogens (tertiary/aromatic N) is 3. The number of esters is 1. The lowest BCUT2D eigenvalue weighted by molar-refractivity contribution is -0.152. The Morgan fingerprint density at radius 3 is 2.44 bits per heavy atom. The van der Waals surface area contributed by atoms with E-state index in [0.29, 0.717) is 5.69 Å². The zero-order chi connectivity index (χ0) is 33.3. The molecule has 3 atom stereocenters. The van der Waals surface area contributed by atoms with E-state index < -0.39 is 63.7 Å². The largest absolute Gasteiger partial charge is 0.442 e. The third kappa shape index (κ3) is 10.6. The van der Waals surface area contributed by atoms with Gasteiger partial charge in [0.05, 0.1) is 24.5 Å². The molecule has 2 fully saturated rings. The Balaban J connectivity index is 1.36. The number of carbonyl (C=O) groups is 5. The van der Waals surface area contributed by atoms with Gasteiger partial charge >= 0.3 is 39.1 Å².